The molecule has 120 valence electrons. The molecule has 2 saturated heterocycles. The molecule has 2 aliphatic rings. The first kappa shape index (κ1) is 16.0. The molecule has 7 heteroatoms. The summed E-state index contributed by atoms with van der Waals surface area (Å²) in [5, 5.41) is 12.2. The van der Waals surface area contributed by atoms with E-state index in [0.29, 0.717) is 39.1 Å². The highest BCUT2D eigenvalue weighted by atomic mass is 16.5. The summed E-state index contributed by atoms with van der Waals surface area (Å²) >= 11 is 0. The van der Waals surface area contributed by atoms with Gasteiger partial charge in [0, 0.05) is 32.9 Å². The summed E-state index contributed by atoms with van der Waals surface area (Å²) in [7, 11) is 0. The average molecular weight is 299 g/mol. The van der Waals surface area contributed by atoms with Gasteiger partial charge in [0.05, 0.1) is 6.10 Å². The van der Waals surface area contributed by atoms with Crippen LogP contribution in [-0.2, 0) is 14.3 Å². The van der Waals surface area contributed by atoms with Crippen molar-refractivity contribution in [2.45, 2.75) is 38.7 Å². The summed E-state index contributed by atoms with van der Waals surface area (Å²) in [5.41, 5.74) is 4.91. The van der Waals surface area contributed by atoms with Gasteiger partial charge in [-0.05, 0) is 32.6 Å². The summed E-state index contributed by atoms with van der Waals surface area (Å²) in [5.74, 6) is -0.0966. The molecule has 2 rings (SSSR count). The minimum Gasteiger partial charge on any atom is -0.409 e. The fraction of sp³-hybridized carbons (Fsp3) is 0.857. The lowest BCUT2D eigenvalue weighted by Gasteiger charge is -2.38. The molecule has 0 bridgehead atoms. The molecule has 1 atom stereocenters. The van der Waals surface area contributed by atoms with E-state index < -0.39 is 5.41 Å². The van der Waals surface area contributed by atoms with Gasteiger partial charge in [0.15, 0.2) is 5.84 Å². The molecule has 7 nitrogen and oxygen atoms in total. The lowest BCUT2D eigenvalue weighted by molar-refractivity contribution is -0.144. The van der Waals surface area contributed by atoms with Crippen LogP contribution >= 0.6 is 0 Å². The van der Waals surface area contributed by atoms with Gasteiger partial charge < -0.3 is 25.3 Å². The largest absolute Gasteiger partial charge is 0.409 e. The van der Waals surface area contributed by atoms with Crippen molar-refractivity contribution >= 4 is 11.7 Å². The molecule has 0 aromatic carbocycles. The lowest BCUT2D eigenvalue weighted by Crippen LogP contribution is -2.55. The Hall–Kier alpha value is -1.34. The van der Waals surface area contributed by atoms with E-state index in [-0.39, 0.29) is 17.8 Å². The van der Waals surface area contributed by atoms with Crippen molar-refractivity contribution in [1.82, 2.24) is 4.90 Å². The maximum Gasteiger partial charge on any atom is 0.236 e. The number of hydrogen-bond donors (Lipinski definition) is 2. The Labute approximate surface area is 125 Å². The molecular formula is C14H25N3O4. The summed E-state index contributed by atoms with van der Waals surface area (Å²) in [4.78, 5) is 14.7. The molecule has 0 aromatic rings. The number of carbonyl (C=O) groups excluding carboxylic acids is 1. The van der Waals surface area contributed by atoms with Crippen LogP contribution in [0.4, 0.5) is 0 Å². The van der Waals surface area contributed by atoms with Crippen LogP contribution in [0.3, 0.4) is 0 Å². The molecule has 0 saturated carbocycles. The third kappa shape index (κ3) is 3.29. The van der Waals surface area contributed by atoms with E-state index in [9.17, 15) is 4.79 Å². The monoisotopic (exact) mass is 299 g/mol. The third-order valence-electron chi connectivity index (χ3n) is 4.47. The van der Waals surface area contributed by atoms with Gasteiger partial charge in [-0.25, -0.2) is 0 Å². The van der Waals surface area contributed by atoms with Crippen LogP contribution in [0.15, 0.2) is 5.16 Å². The highest BCUT2D eigenvalue weighted by Crippen LogP contribution is 2.33. The second kappa shape index (κ2) is 7.09. The van der Waals surface area contributed by atoms with Crippen LogP contribution in [0.25, 0.3) is 0 Å². The Balaban J connectivity index is 2.14. The van der Waals surface area contributed by atoms with Gasteiger partial charge in [-0.1, -0.05) is 5.16 Å². The minimum absolute atomic E-state index is 0.0124. The zero-order chi connectivity index (χ0) is 15.3. The highest BCUT2D eigenvalue weighted by molar-refractivity contribution is 6.06. The quantitative estimate of drug-likeness (QED) is 0.334. The molecule has 0 aliphatic carbocycles. The van der Waals surface area contributed by atoms with Crippen molar-refractivity contribution in [2.75, 3.05) is 32.9 Å². The molecule has 0 spiro atoms. The van der Waals surface area contributed by atoms with E-state index in [0.717, 1.165) is 19.4 Å². The molecular weight excluding hydrogens is 274 g/mol. The predicted octanol–water partition coefficient (Wildman–Crippen LogP) is 0.557. The fourth-order valence-electron chi connectivity index (χ4n) is 3.09. The van der Waals surface area contributed by atoms with Crippen molar-refractivity contribution in [1.29, 1.82) is 0 Å². The number of nitrogens with two attached hydrogens (primary N) is 1. The zero-order valence-electron chi connectivity index (χ0n) is 12.6. The second-order valence-electron chi connectivity index (χ2n) is 5.66. The lowest BCUT2D eigenvalue weighted by atomic mass is 9.77. The molecule has 1 amide bonds. The maximum absolute atomic E-state index is 13.0. The van der Waals surface area contributed by atoms with E-state index >= 15 is 0 Å². The Morgan fingerprint density at radius 2 is 2.14 bits per heavy atom. The topological polar surface area (TPSA) is 97.4 Å². The smallest absolute Gasteiger partial charge is 0.236 e. The fourth-order valence-corrected chi connectivity index (χ4v) is 3.09. The second-order valence-corrected chi connectivity index (χ2v) is 5.66. The number of amidine groups is 1. The van der Waals surface area contributed by atoms with E-state index in [1.807, 2.05) is 6.92 Å². The summed E-state index contributed by atoms with van der Waals surface area (Å²) < 4.78 is 10.9. The number of rotatable bonds is 5. The number of oxime groups is 1. The molecule has 3 N–H and O–H groups in total. The van der Waals surface area contributed by atoms with Crippen molar-refractivity contribution < 1.29 is 19.5 Å². The normalized spacial score (nSPS) is 25.8. The van der Waals surface area contributed by atoms with Crippen molar-refractivity contribution in [3.63, 3.8) is 0 Å². The molecule has 2 aliphatic heterocycles. The summed E-state index contributed by atoms with van der Waals surface area (Å²) in [6.45, 7) is 4.73. The van der Waals surface area contributed by atoms with E-state index in [2.05, 4.69) is 5.16 Å². The first-order valence-corrected chi connectivity index (χ1v) is 7.60. The van der Waals surface area contributed by atoms with E-state index in [1.165, 1.54) is 0 Å². The number of nitrogens with zero attached hydrogens (tertiary/aromatic N) is 2. The van der Waals surface area contributed by atoms with Gasteiger partial charge in [-0.3, -0.25) is 4.79 Å². The van der Waals surface area contributed by atoms with Gasteiger partial charge in [-0.15, -0.1) is 0 Å². The van der Waals surface area contributed by atoms with Crippen molar-refractivity contribution in [2.24, 2.45) is 16.3 Å². The molecule has 0 aromatic heterocycles. The highest BCUT2D eigenvalue weighted by Gasteiger charge is 2.46. The van der Waals surface area contributed by atoms with Crippen LogP contribution in [0, 0.1) is 5.41 Å². The Morgan fingerprint density at radius 3 is 2.67 bits per heavy atom. The van der Waals surface area contributed by atoms with Gasteiger partial charge in [-0.2, -0.15) is 0 Å². The molecule has 1 unspecified atom stereocenters. The summed E-state index contributed by atoms with van der Waals surface area (Å²) in [6.07, 6.45) is 3.00. The van der Waals surface area contributed by atoms with E-state index in [1.54, 1.807) is 4.90 Å². The summed E-state index contributed by atoms with van der Waals surface area (Å²) in [6, 6.07) is 0. The van der Waals surface area contributed by atoms with Crippen molar-refractivity contribution in [3.05, 3.63) is 0 Å². The van der Waals surface area contributed by atoms with Gasteiger partial charge in [0.1, 0.15) is 5.41 Å². The Bertz CT molecular complexity index is 388. The number of hydrogen-bond acceptors (Lipinski definition) is 5. The number of ether oxygens (including phenoxy) is 2. The Kier molecular flexibility index (Phi) is 5.41. The van der Waals surface area contributed by atoms with E-state index in [4.69, 9.17) is 20.4 Å². The first-order valence-electron chi connectivity index (χ1n) is 7.60. The minimum atomic E-state index is -0.943. The average Bonchev–Trinajstić information content (AvgIpc) is 3.04. The van der Waals surface area contributed by atoms with Crippen LogP contribution in [-0.4, -0.2) is 60.9 Å². The molecule has 2 fully saturated rings. The van der Waals surface area contributed by atoms with Gasteiger partial charge >= 0.3 is 0 Å². The number of carbonyl (C=O) groups is 1. The van der Waals surface area contributed by atoms with Crippen LogP contribution in [0.1, 0.15) is 32.6 Å². The molecule has 2 heterocycles. The Morgan fingerprint density at radius 1 is 1.43 bits per heavy atom. The van der Waals surface area contributed by atoms with Crippen molar-refractivity contribution in [3.8, 4) is 0 Å². The van der Waals surface area contributed by atoms with Crippen LogP contribution in [0.5, 0.6) is 0 Å². The third-order valence-corrected chi connectivity index (χ3v) is 4.47. The SMILES string of the molecule is CCN(CC1CCCO1)C(=O)C1(C(N)=NO)CCOCC1. The molecule has 0 radical (unpaired) electrons. The first-order chi connectivity index (χ1) is 10.1. The number of likely N-dealkylation sites (N-methyl/N-ethyl adjacent to an activating group) is 1. The molecule has 21 heavy (non-hydrogen) atoms. The standard InChI is InChI=1S/C14H25N3O4/c1-2-17(10-11-4-3-7-21-11)13(18)14(12(15)16-19)5-8-20-9-6-14/h11,19H,2-10H2,1H3,(H2,15,16). The van der Waals surface area contributed by atoms with Crippen LogP contribution in [0.2, 0.25) is 0 Å². The van der Waals surface area contributed by atoms with Gasteiger partial charge in [0.25, 0.3) is 0 Å². The van der Waals surface area contributed by atoms with Crippen LogP contribution < -0.4 is 5.73 Å². The maximum atomic E-state index is 13.0. The zero-order valence-corrected chi connectivity index (χ0v) is 12.6. The predicted molar refractivity (Wildman–Crippen MR) is 77.1 cm³/mol. The number of amides is 1. The van der Waals surface area contributed by atoms with Gasteiger partial charge in [0.2, 0.25) is 5.91 Å².